The molecule has 0 aliphatic carbocycles. The van der Waals surface area contributed by atoms with Crippen molar-refractivity contribution in [2.45, 2.75) is 46.0 Å². The maximum absolute atomic E-state index is 11.3. The molecule has 0 aromatic heterocycles. The second-order valence-electron chi connectivity index (χ2n) is 3.98. The van der Waals surface area contributed by atoms with Gasteiger partial charge >= 0.3 is 5.97 Å². The van der Waals surface area contributed by atoms with Crippen LogP contribution in [0.2, 0.25) is 0 Å². The number of ether oxygens (including phenoxy) is 1. The van der Waals surface area contributed by atoms with Crippen LogP contribution in [0.5, 0.6) is 0 Å². The number of unbranched alkanes of at least 4 members (excludes halogenated alkanes) is 2. The molecule has 94 valence electrons. The summed E-state index contributed by atoms with van der Waals surface area (Å²) in [4.78, 5) is 11.3. The standard InChI is InChI=1S/C13H24O3/c1-3-4-5-6-7-8-9-12(2)13(15)16-11-10-14/h6-7,12,14H,3-5,8-11H2,1-2H3. The van der Waals surface area contributed by atoms with Crippen molar-refractivity contribution in [1.82, 2.24) is 0 Å². The second kappa shape index (κ2) is 10.7. The highest BCUT2D eigenvalue weighted by atomic mass is 16.5. The first-order chi connectivity index (χ1) is 7.72. The Balaban J connectivity index is 3.52. The normalized spacial score (nSPS) is 12.9. The smallest absolute Gasteiger partial charge is 0.308 e. The summed E-state index contributed by atoms with van der Waals surface area (Å²) in [6.45, 7) is 4.04. The highest BCUT2D eigenvalue weighted by Gasteiger charge is 2.12. The number of rotatable bonds is 9. The fourth-order valence-electron chi connectivity index (χ4n) is 1.31. The fourth-order valence-corrected chi connectivity index (χ4v) is 1.31. The van der Waals surface area contributed by atoms with E-state index in [-0.39, 0.29) is 25.1 Å². The van der Waals surface area contributed by atoms with Crippen molar-refractivity contribution in [3.63, 3.8) is 0 Å². The SMILES string of the molecule is CCCCC=CCCC(C)C(=O)OCCO. The molecule has 0 bridgehead atoms. The molecule has 0 radical (unpaired) electrons. The lowest BCUT2D eigenvalue weighted by atomic mass is 10.1. The molecular weight excluding hydrogens is 204 g/mol. The van der Waals surface area contributed by atoms with Crippen LogP contribution in [-0.2, 0) is 9.53 Å². The molecule has 0 aliphatic rings. The van der Waals surface area contributed by atoms with Crippen LogP contribution in [-0.4, -0.2) is 24.3 Å². The summed E-state index contributed by atoms with van der Waals surface area (Å²) in [6.07, 6.45) is 9.60. The summed E-state index contributed by atoms with van der Waals surface area (Å²) in [5.74, 6) is -0.293. The van der Waals surface area contributed by atoms with Crippen molar-refractivity contribution in [3.05, 3.63) is 12.2 Å². The summed E-state index contributed by atoms with van der Waals surface area (Å²) >= 11 is 0. The topological polar surface area (TPSA) is 46.5 Å². The van der Waals surface area contributed by atoms with Crippen LogP contribution < -0.4 is 0 Å². The van der Waals surface area contributed by atoms with Crippen LogP contribution in [0.3, 0.4) is 0 Å². The minimum Gasteiger partial charge on any atom is -0.463 e. The molecule has 0 saturated heterocycles. The van der Waals surface area contributed by atoms with E-state index < -0.39 is 0 Å². The summed E-state index contributed by atoms with van der Waals surface area (Å²) in [5, 5.41) is 8.51. The van der Waals surface area contributed by atoms with Gasteiger partial charge in [0.1, 0.15) is 6.61 Å². The van der Waals surface area contributed by atoms with Crippen molar-refractivity contribution in [2.24, 2.45) is 5.92 Å². The Morgan fingerprint density at radius 3 is 2.69 bits per heavy atom. The predicted octanol–water partition coefficient (Wildman–Crippen LogP) is 2.68. The van der Waals surface area contributed by atoms with Gasteiger partial charge in [-0.25, -0.2) is 0 Å². The zero-order valence-corrected chi connectivity index (χ0v) is 10.4. The van der Waals surface area contributed by atoms with E-state index in [1.807, 2.05) is 6.92 Å². The summed E-state index contributed by atoms with van der Waals surface area (Å²) in [5.41, 5.74) is 0. The van der Waals surface area contributed by atoms with E-state index in [2.05, 4.69) is 19.1 Å². The van der Waals surface area contributed by atoms with Gasteiger partial charge in [0.05, 0.1) is 12.5 Å². The van der Waals surface area contributed by atoms with E-state index >= 15 is 0 Å². The summed E-state index contributed by atoms with van der Waals surface area (Å²) in [7, 11) is 0. The van der Waals surface area contributed by atoms with Crippen LogP contribution in [0.4, 0.5) is 0 Å². The molecule has 3 heteroatoms. The Morgan fingerprint density at radius 2 is 2.06 bits per heavy atom. The Hall–Kier alpha value is -0.830. The summed E-state index contributed by atoms with van der Waals surface area (Å²) < 4.78 is 4.84. The average Bonchev–Trinajstić information content (AvgIpc) is 2.30. The molecule has 0 aliphatic heterocycles. The van der Waals surface area contributed by atoms with Crippen molar-refractivity contribution in [3.8, 4) is 0 Å². The van der Waals surface area contributed by atoms with Crippen molar-refractivity contribution >= 4 is 5.97 Å². The number of hydrogen-bond donors (Lipinski definition) is 1. The zero-order chi connectivity index (χ0) is 12.2. The lowest BCUT2D eigenvalue weighted by Crippen LogP contribution is -2.16. The lowest BCUT2D eigenvalue weighted by Gasteiger charge is -2.08. The molecular formula is C13H24O3. The van der Waals surface area contributed by atoms with Gasteiger partial charge in [-0.2, -0.15) is 0 Å². The molecule has 0 aromatic carbocycles. The number of carbonyl (C=O) groups excluding carboxylic acids is 1. The van der Waals surface area contributed by atoms with Gasteiger partial charge in [-0.1, -0.05) is 38.8 Å². The van der Waals surface area contributed by atoms with E-state index in [0.717, 1.165) is 19.3 Å². The highest BCUT2D eigenvalue weighted by molar-refractivity contribution is 5.71. The van der Waals surface area contributed by atoms with Crippen LogP contribution in [0.25, 0.3) is 0 Å². The predicted molar refractivity (Wildman–Crippen MR) is 65.1 cm³/mol. The highest BCUT2D eigenvalue weighted by Crippen LogP contribution is 2.08. The lowest BCUT2D eigenvalue weighted by molar-refractivity contribution is -0.149. The molecule has 1 unspecified atom stereocenters. The van der Waals surface area contributed by atoms with Gasteiger partial charge in [0.2, 0.25) is 0 Å². The quantitative estimate of drug-likeness (QED) is 0.375. The number of aliphatic hydroxyl groups is 1. The molecule has 16 heavy (non-hydrogen) atoms. The first-order valence-corrected chi connectivity index (χ1v) is 6.14. The third-order valence-electron chi connectivity index (χ3n) is 2.40. The Labute approximate surface area is 98.5 Å². The Kier molecular flexibility index (Phi) is 10.1. The average molecular weight is 228 g/mol. The number of esters is 1. The monoisotopic (exact) mass is 228 g/mol. The fraction of sp³-hybridized carbons (Fsp3) is 0.769. The van der Waals surface area contributed by atoms with E-state index in [4.69, 9.17) is 9.84 Å². The maximum Gasteiger partial charge on any atom is 0.308 e. The second-order valence-corrected chi connectivity index (χ2v) is 3.98. The molecule has 0 heterocycles. The minimum absolute atomic E-state index is 0.0811. The molecule has 0 amide bonds. The van der Waals surface area contributed by atoms with Gasteiger partial charge in [-0.15, -0.1) is 0 Å². The Morgan fingerprint density at radius 1 is 1.38 bits per heavy atom. The van der Waals surface area contributed by atoms with Crippen molar-refractivity contribution < 1.29 is 14.6 Å². The van der Waals surface area contributed by atoms with Crippen molar-refractivity contribution in [2.75, 3.05) is 13.2 Å². The van der Waals surface area contributed by atoms with E-state index in [1.165, 1.54) is 12.8 Å². The van der Waals surface area contributed by atoms with E-state index in [0.29, 0.717) is 0 Å². The van der Waals surface area contributed by atoms with Gasteiger partial charge < -0.3 is 9.84 Å². The van der Waals surface area contributed by atoms with Crippen LogP contribution in [0.1, 0.15) is 46.0 Å². The molecule has 0 saturated carbocycles. The largest absolute Gasteiger partial charge is 0.463 e. The van der Waals surface area contributed by atoms with Crippen LogP contribution in [0.15, 0.2) is 12.2 Å². The van der Waals surface area contributed by atoms with E-state index in [1.54, 1.807) is 0 Å². The third-order valence-corrected chi connectivity index (χ3v) is 2.40. The van der Waals surface area contributed by atoms with Crippen LogP contribution in [0, 0.1) is 5.92 Å². The van der Waals surface area contributed by atoms with Crippen molar-refractivity contribution in [1.29, 1.82) is 0 Å². The number of aliphatic hydroxyl groups excluding tert-OH is 1. The molecule has 1 atom stereocenters. The number of allylic oxidation sites excluding steroid dienone is 2. The van der Waals surface area contributed by atoms with Gasteiger partial charge in [-0.05, 0) is 19.3 Å². The first-order valence-electron chi connectivity index (χ1n) is 6.14. The van der Waals surface area contributed by atoms with E-state index in [9.17, 15) is 4.79 Å². The molecule has 0 fully saturated rings. The third kappa shape index (κ3) is 8.48. The molecule has 3 nitrogen and oxygen atoms in total. The minimum atomic E-state index is -0.212. The van der Waals surface area contributed by atoms with Gasteiger partial charge in [0.15, 0.2) is 0 Å². The maximum atomic E-state index is 11.3. The molecule has 0 rings (SSSR count). The molecule has 0 aromatic rings. The number of hydrogen-bond acceptors (Lipinski definition) is 3. The van der Waals surface area contributed by atoms with Gasteiger partial charge in [0.25, 0.3) is 0 Å². The molecule has 0 spiro atoms. The van der Waals surface area contributed by atoms with Gasteiger partial charge in [-0.3, -0.25) is 4.79 Å². The number of carbonyl (C=O) groups is 1. The van der Waals surface area contributed by atoms with Crippen LogP contribution >= 0.6 is 0 Å². The summed E-state index contributed by atoms with van der Waals surface area (Å²) in [6, 6.07) is 0. The first kappa shape index (κ1) is 15.2. The zero-order valence-electron chi connectivity index (χ0n) is 10.4. The Bertz CT molecular complexity index is 199. The van der Waals surface area contributed by atoms with Gasteiger partial charge in [0, 0.05) is 0 Å². The molecule has 1 N–H and O–H groups in total.